The van der Waals surface area contributed by atoms with Crippen LogP contribution in [-0.4, -0.2) is 53.5 Å². The average Bonchev–Trinajstić information content (AvgIpc) is 2.84. The topological polar surface area (TPSA) is 133 Å². The Hall–Kier alpha value is -0.800. The van der Waals surface area contributed by atoms with E-state index in [4.69, 9.17) is 4.74 Å². The van der Waals surface area contributed by atoms with Crippen LogP contribution in [0.2, 0.25) is 0 Å². The van der Waals surface area contributed by atoms with Crippen LogP contribution in [-0.2, 0) is 25.9 Å². The van der Waals surface area contributed by atoms with Crippen molar-refractivity contribution in [3.63, 3.8) is 0 Å². The van der Waals surface area contributed by atoms with Crippen LogP contribution in [0.3, 0.4) is 0 Å². The van der Waals surface area contributed by atoms with Crippen molar-refractivity contribution in [2.45, 2.75) is 122 Å². The van der Waals surface area contributed by atoms with Crippen LogP contribution < -0.4 is 4.72 Å². The maximum atomic E-state index is 12.9. The number of aliphatic hydroxyl groups excluding tert-OH is 1. The van der Waals surface area contributed by atoms with Crippen LogP contribution in [0.25, 0.3) is 0 Å². The first-order chi connectivity index (χ1) is 17.6. The van der Waals surface area contributed by atoms with Gasteiger partial charge in [0, 0.05) is 0 Å². The summed E-state index contributed by atoms with van der Waals surface area (Å²) in [5, 5.41) is 11.1. The van der Waals surface area contributed by atoms with Gasteiger partial charge in [0.15, 0.2) is 0 Å². The molecule has 0 saturated carbocycles. The Morgan fingerprint density at radius 1 is 0.865 bits per heavy atom. The predicted octanol–water partition coefficient (Wildman–Crippen LogP) is 5.51. The average molecular weight is 564 g/mol. The maximum Gasteiger partial charge on any atom is 0.328 e. The highest BCUT2D eigenvalue weighted by Gasteiger charge is 2.35. The Kier molecular flexibility index (Phi) is 17.8. The van der Waals surface area contributed by atoms with Gasteiger partial charge < -0.3 is 19.6 Å². The maximum absolute atomic E-state index is 12.9. The highest BCUT2D eigenvalue weighted by Crippen LogP contribution is 2.37. The molecule has 0 spiro atoms. The van der Waals surface area contributed by atoms with Gasteiger partial charge in [-0.2, -0.15) is 0 Å². The van der Waals surface area contributed by atoms with Crippen molar-refractivity contribution in [1.29, 1.82) is 0 Å². The third-order valence-corrected chi connectivity index (χ3v) is 8.81. The second kappa shape index (κ2) is 19.3. The Morgan fingerprint density at radius 2 is 1.41 bits per heavy atom. The van der Waals surface area contributed by atoms with Gasteiger partial charge in [0.1, 0.15) is 0 Å². The van der Waals surface area contributed by atoms with Gasteiger partial charge in [-0.1, -0.05) is 115 Å². The number of rotatable bonds is 23. The number of unbranched alkanes of at least 4 members (excludes halogenated alkanes) is 10. The SMILES string of the molecule is CCCCCCCCCCS(=O)(=O)NC(CCCCCC)C(O)C(CP(=O)(O)O)OCc1ccccc1. The zero-order valence-electron chi connectivity index (χ0n) is 22.8. The first-order valence-corrected chi connectivity index (χ1v) is 17.4. The molecule has 3 atom stereocenters. The molecule has 1 aromatic carbocycles. The van der Waals surface area contributed by atoms with E-state index < -0.39 is 42.0 Å². The molecular formula is C27H50NO7PS. The molecule has 37 heavy (non-hydrogen) atoms. The van der Waals surface area contributed by atoms with E-state index in [1.807, 2.05) is 30.3 Å². The first kappa shape index (κ1) is 34.2. The number of benzene rings is 1. The van der Waals surface area contributed by atoms with Crippen molar-refractivity contribution >= 4 is 17.6 Å². The van der Waals surface area contributed by atoms with Gasteiger partial charge in [-0.05, 0) is 18.4 Å². The lowest BCUT2D eigenvalue weighted by Gasteiger charge is -2.31. The summed E-state index contributed by atoms with van der Waals surface area (Å²) in [6.45, 7) is 4.30. The zero-order valence-corrected chi connectivity index (χ0v) is 24.5. The molecule has 1 aromatic rings. The summed E-state index contributed by atoms with van der Waals surface area (Å²) in [6.07, 6.45) is 8.94. The molecule has 4 N–H and O–H groups in total. The van der Waals surface area contributed by atoms with Gasteiger partial charge in [-0.25, -0.2) is 13.1 Å². The normalized spacial score (nSPS) is 14.9. The lowest BCUT2D eigenvalue weighted by atomic mass is 10.00. The van der Waals surface area contributed by atoms with Crippen LogP contribution in [0, 0.1) is 0 Å². The van der Waals surface area contributed by atoms with Crippen molar-refractivity contribution in [1.82, 2.24) is 4.72 Å². The third kappa shape index (κ3) is 17.4. The summed E-state index contributed by atoms with van der Waals surface area (Å²) < 4.78 is 46.0. The second-order valence-electron chi connectivity index (χ2n) is 10.0. The Labute approximate surface area is 224 Å². The summed E-state index contributed by atoms with van der Waals surface area (Å²) >= 11 is 0. The highest BCUT2D eigenvalue weighted by atomic mass is 32.2. The molecule has 0 aliphatic rings. The molecular weight excluding hydrogens is 513 g/mol. The minimum Gasteiger partial charge on any atom is -0.389 e. The molecule has 216 valence electrons. The fourth-order valence-electron chi connectivity index (χ4n) is 4.34. The zero-order chi connectivity index (χ0) is 27.6. The second-order valence-corrected chi connectivity index (χ2v) is 13.6. The monoisotopic (exact) mass is 563 g/mol. The van der Waals surface area contributed by atoms with E-state index in [1.54, 1.807) is 0 Å². The van der Waals surface area contributed by atoms with Gasteiger partial charge in [-0.15, -0.1) is 0 Å². The lowest BCUT2D eigenvalue weighted by molar-refractivity contribution is -0.0482. The highest BCUT2D eigenvalue weighted by molar-refractivity contribution is 7.89. The number of hydrogen-bond donors (Lipinski definition) is 4. The minimum atomic E-state index is -4.52. The third-order valence-electron chi connectivity index (χ3n) is 6.48. The summed E-state index contributed by atoms with van der Waals surface area (Å²) in [7, 11) is -8.20. The van der Waals surface area contributed by atoms with E-state index in [1.165, 1.54) is 25.7 Å². The summed E-state index contributed by atoms with van der Waals surface area (Å²) in [4.78, 5) is 19.2. The van der Waals surface area contributed by atoms with Crippen LogP contribution in [0.1, 0.15) is 103 Å². The fourth-order valence-corrected chi connectivity index (χ4v) is 6.55. The molecule has 10 heteroatoms. The Bertz CT molecular complexity index is 848. The van der Waals surface area contributed by atoms with Crippen molar-refractivity contribution in [2.75, 3.05) is 11.9 Å². The number of nitrogens with one attached hydrogen (secondary N) is 1. The Balaban J connectivity index is 2.81. The van der Waals surface area contributed by atoms with E-state index in [2.05, 4.69) is 18.6 Å². The van der Waals surface area contributed by atoms with Crippen LogP contribution in [0.4, 0.5) is 0 Å². The molecule has 3 unspecified atom stereocenters. The molecule has 0 aliphatic carbocycles. The van der Waals surface area contributed by atoms with Gasteiger partial charge in [-0.3, -0.25) is 4.57 Å². The van der Waals surface area contributed by atoms with Crippen LogP contribution in [0.15, 0.2) is 30.3 Å². The summed E-state index contributed by atoms with van der Waals surface area (Å²) in [5.41, 5.74) is 0.792. The first-order valence-electron chi connectivity index (χ1n) is 14.0. The molecule has 0 radical (unpaired) electrons. The molecule has 0 fully saturated rings. The fraction of sp³-hybridized carbons (Fsp3) is 0.778. The summed E-state index contributed by atoms with van der Waals surface area (Å²) in [6, 6.07) is 8.24. The van der Waals surface area contributed by atoms with Gasteiger partial charge in [0.2, 0.25) is 10.0 Å². The van der Waals surface area contributed by atoms with Crippen molar-refractivity contribution in [3.05, 3.63) is 35.9 Å². The molecule has 0 aromatic heterocycles. The van der Waals surface area contributed by atoms with Gasteiger partial charge >= 0.3 is 7.60 Å². The van der Waals surface area contributed by atoms with Crippen molar-refractivity contribution in [2.24, 2.45) is 0 Å². The van der Waals surface area contributed by atoms with Gasteiger partial charge in [0.25, 0.3) is 0 Å². The largest absolute Gasteiger partial charge is 0.389 e. The molecule has 0 heterocycles. The molecule has 0 bridgehead atoms. The lowest BCUT2D eigenvalue weighted by Crippen LogP contribution is -2.50. The van der Waals surface area contributed by atoms with E-state index in [-0.39, 0.29) is 12.4 Å². The summed E-state index contributed by atoms with van der Waals surface area (Å²) in [5.74, 6) is -0.0336. The standard InChI is InChI=1S/C27H50NO7PS/c1-3-5-7-9-10-11-12-17-21-37(33,34)28-25(20-16-8-6-4-2)27(29)26(23-36(30,31)32)35-22-24-18-14-13-15-19-24/h13-15,18-19,25-29H,3-12,16-17,20-23H2,1-2H3,(H2,30,31,32). The van der Waals surface area contributed by atoms with Crippen LogP contribution >= 0.6 is 7.60 Å². The van der Waals surface area contributed by atoms with E-state index in [0.29, 0.717) is 19.3 Å². The number of ether oxygens (including phenoxy) is 1. The van der Waals surface area contributed by atoms with Crippen molar-refractivity contribution in [3.8, 4) is 0 Å². The van der Waals surface area contributed by atoms with E-state index in [9.17, 15) is 27.9 Å². The number of sulfonamides is 1. The molecule has 0 amide bonds. The van der Waals surface area contributed by atoms with E-state index >= 15 is 0 Å². The smallest absolute Gasteiger partial charge is 0.328 e. The molecule has 8 nitrogen and oxygen atoms in total. The quantitative estimate of drug-likeness (QED) is 0.102. The van der Waals surface area contributed by atoms with Crippen molar-refractivity contribution < 1.29 is 32.6 Å². The Morgan fingerprint density at radius 3 is 1.97 bits per heavy atom. The minimum absolute atomic E-state index is 0.0336. The molecule has 0 saturated heterocycles. The number of aliphatic hydroxyl groups is 1. The molecule has 0 aliphatic heterocycles. The van der Waals surface area contributed by atoms with Crippen LogP contribution in [0.5, 0.6) is 0 Å². The number of hydrogen-bond acceptors (Lipinski definition) is 5. The molecule has 1 rings (SSSR count). The van der Waals surface area contributed by atoms with E-state index in [0.717, 1.165) is 44.1 Å². The van der Waals surface area contributed by atoms with Gasteiger partial charge in [0.05, 0.1) is 36.8 Å². The predicted molar refractivity (Wildman–Crippen MR) is 150 cm³/mol.